The summed E-state index contributed by atoms with van der Waals surface area (Å²) < 4.78 is 10.6. The Morgan fingerprint density at radius 1 is 1.10 bits per heavy atom. The second-order valence-corrected chi connectivity index (χ2v) is 4.40. The zero-order chi connectivity index (χ0) is 13.8. The number of hydrogen-bond donors (Lipinski definition) is 1. The summed E-state index contributed by atoms with van der Waals surface area (Å²) in [7, 11) is 0. The van der Waals surface area contributed by atoms with Gasteiger partial charge in [0.15, 0.2) is 0 Å². The Bertz CT molecular complexity index is 675. The molecule has 3 aromatic rings. The molecule has 1 N–H and O–H groups in total. The molecule has 0 aliphatic carbocycles. The van der Waals surface area contributed by atoms with Crippen LogP contribution in [-0.4, -0.2) is 15.4 Å². The van der Waals surface area contributed by atoms with Crippen LogP contribution in [0.1, 0.15) is 17.3 Å². The van der Waals surface area contributed by atoms with Crippen molar-refractivity contribution in [1.82, 2.24) is 20.7 Å². The van der Waals surface area contributed by atoms with E-state index >= 15 is 0 Å². The van der Waals surface area contributed by atoms with Gasteiger partial charge in [0.2, 0.25) is 11.8 Å². The molecule has 2 heterocycles. The highest BCUT2D eigenvalue weighted by molar-refractivity contribution is 5.51. The van der Waals surface area contributed by atoms with Crippen molar-refractivity contribution in [3.63, 3.8) is 0 Å². The molecule has 0 saturated heterocycles. The van der Waals surface area contributed by atoms with Gasteiger partial charge in [0.25, 0.3) is 0 Å². The molecule has 2 aromatic heterocycles. The van der Waals surface area contributed by atoms with Crippen molar-refractivity contribution in [2.45, 2.75) is 20.0 Å². The third-order valence-corrected chi connectivity index (χ3v) is 2.75. The first kappa shape index (κ1) is 12.6. The fourth-order valence-electron chi connectivity index (χ4n) is 1.82. The second kappa shape index (κ2) is 5.66. The largest absolute Gasteiger partial charge is 0.419 e. The van der Waals surface area contributed by atoms with Crippen molar-refractivity contribution in [2.24, 2.45) is 0 Å². The fraction of sp³-hybridized carbons (Fsp3) is 0.214. The average Bonchev–Trinajstić information content (AvgIpc) is 3.09. The predicted octanol–water partition coefficient (Wildman–Crippen LogP) is 2.32. The molecule has 20 heavy (non-hydrogen) atoms. The van der Waals surface area contributed by atoms with Crippen LogP contribution in [0.25, 0.3) is 11.5 Å². The van der Waals surface area contributed by atoms with Crippen LogP contribution >= 0.6 is 0 Å². The van der Waals surface area contributed by atoms with Crippen LogP contribution in [0.5, 0.6) is 0 Å². The minimum Gasteiger partial charge on any atom is -0.419 e. The van der Waals surface area contributed by atoms with Gasteiger partial charge in [-0.2, -0.15) is 0 Å². The first-order chi connectivity index (χ1) is 9.81. The van der Waals surface area contributed by atoms with Gasteiger partial charge in [0.05, 0.1) is 12.2 Å². The van der Waals surface area contributed by atoms with E-state index in [1.807, 2.05) is 43.3 Å². The Balaban J connectivity index is 1.58. The van der Waals surface area contributed by atoms with Crippen molar-refractivity contribution in [3.8, 4) is 11.5 Å². The Hall–Kier alpha value is -2.47. The number of nitrogens with one attached hydrogen (secondary N) is 1. The molecule has 0 aliphatic heterocycles. The number of aromatic nitrogens is 3. The van der Waals surface area contributed by atoms with Crippen LogP contribution in [0.3, 0.4) is 0 Å². The number of hydrogen-bond acceptors (Lipinski definition) is 6. The summed E-state index contributed by atoms with van der Waals surface area (Å²) in [6, 6.07) is 11.6. The van der Waals surface area contributed by atoms with E-state index in [0.29, 0.717) is 24.9 Å². The lowest BCUT2D eigenvalue weighted by molar-refractivity contribution is 0.386. The van der Waals surface area contributed by atoms with Crippen LogP contribution in [0.15, 0.2) is 45.3 Å². The van der Waals surface area contributed by atoms with Gasteiger partial charge in [0, 0.05) is 18.2 Å². The number of rotatable bonds is 5. The molecule has 0 bridgehead atoms. The maximum Gasteiger partial charge on any atom is 0.247 e. The van der Waals surface area contributed by atoms with Gasteiger partial charge in [0.1, 0.15) is 5.76 Å². The van der Waals surface area contributed by atoms with Gasteiger partial charge < -0.3 is 14.3 Å². The van der Waals surface area contributed by atoms with Crippen LogP contribution in [0, 0.1) is 6.92 Å². The molecule has 0 fully saturated rings. The molecule has 6 nitrogen and oxygen atoms in total. The molecule has 0 atom stereocenters. The molecule has 0 amide bonds. The second-order valence-electron chi connectivity index (χ2n) is 4.40. The highest BCUT2D eigenvalue weighted by atomic mass is 16.5. The zero-order valence-corrected chi connectivity index (χ0v) is 11.0. The first-order valence-electron chi connectivity index (χ1n) is 6.32. The van der Waals surface area contributed by atoms with E-state index < -0.39 is 0 Å². The molecular weight excluding hydrogens is 256 g/mol. The van der Waals surface area contributed by atoms with E-state index in [4.69, 9.17) is 8.94 Å². The zero-order valence-electron chi connectivity index (χ0n) is 11.0. The van der Waals surface area contributed by atoms with Gasteiger partial charge in [-0.3, -0.25) is 0 Å². The minimum absolute atomic E-state index is 0.492. The van der Waals surface area contributed by atoms with Crippen molar-refractivity contribution in [3.05, 3.63) is 53.7 Å². The fourth-order valence-corrected chi connectivity index (χ4v) is 1.82. The van der Waals surface area contributed by atoms with Gasteiger partial charge in [-0.25, -0.2) is 0 Å². The van der Waals surface area contributed by atoms with Crippen LogP contribution in [0.2, 0.25) is 0 Å². The molecule has 3 rings (SSSR count). The Morgan fingerprint density at radius 2 is 1.95 bits per heavy atom. The minimum atomic E-state index is 0.492. The van der Waals surface area contributed by atoms with Crippen molar-refractivity contribution in [1.29, 1.82) is 0 Å². The Labute approximate surface area is 115 Å². The maximum absolute atomic E-state index is 5.58. The molecule has 102 valence electrons. The lowest BCUT2D eigenvalue weighted by Gasteiger charge is -1.97. The topological polar surface area (TPSA) is 77.0 Å². The number of benzene rings is 1. The van der Waals surface area contributed by atoms with E-state index in [-0.39, 0.29) is 0 Å². The first-order valence-corrected chi connectivity index (χ1v) is 6.32. The third-order valence-electron chi connectivity index (χ3n) is 2.75. The lowest BCUT2D eigenvalue weighted by Crippen LogP contribution is -2.13. The van der Waals surface area contributed by atoms with Gasteiger partial charge in [-0.15, -0.1) is 10.2 Å². The molecule has 1 aromatic carbocycles. The van der Waals surface area contributed by atoms with Crippen LogP contribution in [-0.2, 0) is 13.1 Å². The van der Waals surface area contributed by atoms with Crippen molar-refractivity contribution < 1.29 is 8.94 Å². The molecule has 0 aliphatic rings. The van der Waals surface area contributed by atoms with Crippen molar-refractivity contribution in [2.75, 3.05) is 0 Å². The van der Waals surface area contributed by atoms with Gasteiger partial charge in [-0.1, -0.05) is 23.4 Å². The maximum atomic E-state index is 5.58. The van der Waals surface area contributed by atoms with E-state index in [1.165, 1.54) is 0 Å². The Morgan fingerprint density at radius 3 is 2.70 bits per heavy atom. The van der Waals surface area contributed by atoms with E-state index in [0.717, 1.165) is 17.0 Å². The summed E-state index contributed by atoms with van der Waals surface area (Å²) in [5, 5.41) is 15.1. The highest BCUT2D eigenvalue weighted by Crippen LogP contribution is 2.16. The summed E-state index contributed by atoms with van der Waals surface area (Å²) in [4.78, 5) is 0. The third kappa shape index (κ3) is 2.92. The summed E-state index contributed by atoms with van der Waals surface area (Å²) >= 11 is 0. The van der Waals surface area contributed by atoms with Crippen LogP contribution in [0.4, 0.5) is 0 Å². The lowest BCUT2D eigenvalue weighted by atomic mass is 10.2. The van der Waals surface area contributed by atoms with Crippen molar-refractivity contribution >= 4 is 0 Å². The summed E-state index contributed by atoms with van der Waals surface area (Å²) in [6.07, 6.45) is 0. The predicted molar refractivity (Wildman–Crippen MR) is 71.5 cm³/mol. The van der Waals surface area contributed by atoms with Gasteiger partial charge in [-0.05, 0) is 19.1 Å². The summed E-state index contributed by atoms with van der Waals surface area (Å²) in [5.41, 5.74) is 1.77. The number of nitrogens with zero attached hydrogens (tertiary/aromatic N) is 3. The molecule has 6 heteroatoms. The molecule has 0 saturated carbocycles. The standard InChI is InChI=1S/C14H14N4O2/c1-10-7-12(18-20-10)8-15-9-13-16-17-14(19-13)11-5-3-2-4-6-11/h2-7,15H,8-9H2,1H3. The Kier molecular flexibility index (Phi) is 3.56. The number of aryl methyl sites for hydroxylation is 1. The quantitative estimate of drug-likeness (QED) is 0.766. The highest BCUT2D eigenvalue weighted by Gasteiger charge is 2.08. The summed E-state index contributed by atoms with van der Waals surface area (Å²) in [5.74, 6) is 1.87. The molecule has 0 radical (unpaired) electrons. The molecular formula is C14H14N4O2. The monoisotopic (exact) mass is 270 g/mol. The van der Waals surface area contributed by atoms with E-state index in [1.54, 1.807) is 0 Å². The van der Waals surface area contributed by atoms with E-state index in [2.05, 4.69) is 20.7 Å². The SMILES string of the molecule is Cc1cc(CNCc2nnc(-c3ccccc3)o2)no1. The van der Waals surface area contributed by atoms with E-state index in [9.17, 15) is 0 Å². The van der Waals surface area contributed by atoms with Crippen LogP contribution < -0.4 is 5.32 Å². The summed E-state index contributed by atoms with van der Waals surface area (Å²) in [6.45, 7) is 2.95. The van der Waals surface area contributed by atoms with Gasteiger partial charge >= 0.3 is 0 Å². The average molecular weight is 270 g/mol. The normalized spacial score (nSPS) is 10.8. The molecule has 0 unspecified atom stereocenters. The smallest absolute Gasteiger partial charge is 0.247 e. The molecule has 0 spiro atoms.